The Bertz CT molecular complexity index is 3890. The zero-order valence-corrected chi connectivity index (χ0v) is 34.2. The summed E-state index contributed by atoms with van der Waals surface area (Å²) < 4.78 is 8.81. The van der Waals surface area contributed by atoms with E-state index in [0.717, 1.165) is 44.6 Å². The van der Waals surface area contributed by atoms with Gasteiger partial charge in [0.15, 0.2) is 0 Å². The second-order valence-electron chi connectivity index (χ2n) is 16.4. The second-order valence-corrected chi connectivity index (χ2v) is 16.4. The summed E-state index contributed by atoms with van der Waals surface area (Å²) in [6.07, 6.45) is 2.21. The van der Waals surface area contributed by atoms with Gasteiger partial charge in [-0.3, -0.25) is 0 Å². The molecule has 0 unspecified atom stereocenters. The van der Waals surface area contributed by atoms with Crippen LogP contribution >= 0.6 is 0 Å². The first-order valence-corrected chi connectivity index (χ1v) is 21.6. The molecule has 0 bridgehead atoms. The topological polar surface area (TPSA) is 20.8 Å². The first-order valence-electron chi connectivity index (χ1n) is 21.6. The van der Waals surface area contributed by atoms with Gasteiger partial charge in [0, 0.05) is 39.3 Å². The molecule has 0 aliphatic carbocycles. The lowest BCUT2D eigenvalue weighted by Gasteiger charge is -2.26. The molecule has 0 saturated heterocycles. The Labute approximate surface area is 363 Å². The van der Waals surface area contributed by atoms with Gasteiger partial charge in [-0.1, -0.05) is 164 Å². The Hall–Kier alpha value is -8.40. The van der Waals surface area contributed by atoms with Crippen molar-refractivity contribution in [1.82, 2.24) is 4.40 Å². The number of pyridine rings is 1. The van der Waals surface area contributed by atoms with Crippen LogP contribution in [0.3, 0.4) is 0 Å². The normalized spacial score (nSPS) is 11.8. The number of hydrogen-bond acceptors (Lipinski definition) is 2. The summed E-state index contributed by atoms with van der Waals surface area (Å²) in [6, 6.07) is 81.2. The van der Waals surface area contributed by atoms with Crippen LogP contribution in [0.5, 0.6) is 0 Å². The highest BCUT2D eigenvalue weighted by Crippen LogP contribution is 2.47. The quantitative estimate of drug-likeness (QED) is 0.156. The largest absolute Gasteiger partial charge is 0.456 e. The second kappa shape index (κ2) is 14.1. The summed E-state index contributed by atoms with van der Waals surface area (Å²) >= 11 is 0. The summed E-state index contributed by atoms with van der Waals surface area (Å²) in [4.78, 5) is 2.37. The fourth-order valence-corrected chi connectivity index (χ4v) is 10.2. The van der Waals surface area contributed by atoms with Gasteiger partial charge < -0.3 is 13.7 Å². The first kappa shape index (κ1) is 35.4. The molecule has 0 atom stereocenters. The lowest BCUT2D eigenvalue weighted by molar-refractivity contribution is 0.669. The molecule has 13 aromatic rings. The van der Waals surface area contributed by atoms with Crippen LogP contribution in [0, 0.1) is 0 Å². The van der Waals surface area contributed by atoms with Crippen molar-refractivity contribution in [3.05, 3.63) is 231 Å². The van der Waals surface area contributed by atoms with Gasteiger partial charge in [0.05, 0.1) is 22.1 Å². The molecule has 10 aromatic carbocycles. The molecule has 0 aliphatic rings. The Morgan fingerprint density at radius 3 is 1.81 bits per heavy atom. The zero-order valence-electron chi connectivity index (χ0n) is 34.2. The summed E-state index contributed by atoms with van der Waals surface area (Å²) in [5, 5.41) is 11.0. The fraction of sp³-hybridized carbons (Fsp3) is 0. The number of para-hydroxylation sites is 1. The van der Waals surface area contributed by atoms with E-state index >= 15 is 0 Å². The summed E-state index contributed by atoms with van der Waals surface area (Å²) in [5.74, 6) is 0. The molecule has 0 radical (unpaired) electrons. The van der Waals surface area contributed by atoms with Crippen LogP contribution in [0.15, 0.2) is 235 Å². The van der Waals surface area contributed by atoms with Crippen LogP contribution in [0.25, 0.3) is 104 Å². The summed E-state index contributed by atoms with van der Waals surface area (Å²) in [6.45, 7) is 0. The predicted octanol–water partition coefficient (Wildman–Crippen LogP) is 16.9. The average Bonchev–Trinajstić information content (AvgIpc) is 3.92. The highest BCUT2D eigenvalue weighted by Gasteiger charge is 2.22. The highest BCUT2D eigenvalue weighted by atomic mass is 16.3. The van der Waals surface area contributed by atoms with Crippen LogP contribution in [0.4, 0.5) is 17.1 Å². The van der Waals surface area contributed by atoms with E-state index < -0.39 is 0 Å². The van der Waals surface area contributed by atoms with E-state index in [9.17, 15) is 0 Å². The average molecular weight is 803 g/mol. The van der Waals surface area contributed by atoms with E-state index in [1.807, 2.05) is 6.07 Å². The molecular weight excluding hydrogens is 765 g/mol. The van der Waals surface area contributed by atoms with Crippen LogP contribution in [0.2, 0.25) is 0 Å². The van der Waals surface area contributed by atoms with Gasteiger partial charge in [-0.15, -0.1) is 0 Å². The molecule has 0 N–H and O–H groups in total. The molecule has 0 saturated carbocycles. The number of anilines is 3. The van der Waals surface area contributed by atoms with Crippen molar-refractivity contribution in [2.45, 2.75) is 0 Å². The number of nitrogens with zero attached hydrogens (tertiary/aromatic N) is 2. The maximum Gasteiger partial charge on any atom is 0.137 e. The van der Waals surface area contributed by atoms with Gasteiger partial charge in [-0.25, -0.2) is 0 Å². The number of fused-ring (bicyclic) bond motifs is 12. The SMILES string of the molecule is c1ccc(-c2c3c4cc(-c5ccc(N(c6ccc(-c7cccc8ccccc78)cc6)c6cccc7oc8ccccc8c67)cc5)ccc4c4ccccc4c3n3ccccc23)cc1. The number of hydrogen-bond donors (Lipinski definition) is 0. The van der Waals surface area contributed by atoms with Gasteiger partial charge in [0.2, 0.25) is 0 Å². The molecular formula is C60H38N2O. The Kier molecular flexibility index (Phi) is 7.91. The van der Waals surface area contributed by atoms with Crippen molar-refractivity contribution in [3.63, 3.8) is 0 Å². The van der Waals surface area contributed by atoms with Crippen LogP contribution in [-0.2, 0) is 0 Å². The van der Waals surface area contributed by atoms with Gasteiger partial charge in [0.1, 0.15) is 11.2 Å². The molecule has 0 spiro atoms. The molecule has 63 heavy (non-hydrogen) atoms. The number of furan rings is 1. The molecule has 0 aliphatic heterocycles. The molecule has 294 valence electrons. The minimum atomic E-state index is 0.867. The van der Waals surface area contributed by atoms with Gasteiger partial charge >= 0.3 is 0 Å². The third-order valence-electron chi connectivity index (χ3n) is 13.0. The molecule has 3 heterocycles. The minimum Gasteiger partial charge on any atom is -0.456 e. The van der Waals surface area contributed by atoms with Crippen LogP contribution in [0.1, 0.15) is 0 Å². The van der Waals surface area contributed by atoms with Crippen LogP contribution < -0.4 is 4.90 Å². The van der Waals surface area contributed by atoms with E-state index in [4.69, 9.17) is 4.42 Å². The standard InChI is InChI=1S/C60H38N2O/c1-2-15-42(16-3-1)57-53-23-10-11-37-61(53)60-50-20-7-6-19-48(50)49-36-31-43(38-52(49)59(57)60)39-27-32-44(33-28-39)62(54-24-13-26-56-58(54)51-21-8-9-25-55(51)63-56)45-34-29-41(30-35-45)47-22-12-17-40-14-4-5-18-46(40)47/h1-38H. The van der Waals surface area contributed by atoms with Crippen molar-refractivity contribution in [2.24, 2.45) is 0 Å². The monoisotopic (exact) mass is 802 g/mol. The van der Waals surface area contributed by atoms with E-state index in [0.29, 0.717) is 0 Å². The van der Waals surface area contributed by atoms with E-state index in [-0.39, 0.29) is 0 Å². The molecule has 3 nitrogen and oxygen atoms in total. The van der Waals surface area contributed by atoms with Gasteiger partial charge in [0.25, 0.3) is 0 Å². The lowest BCUT2D eigenvalue weighted by atomic mass is 9.91. The Morgan fingerprint density at radius 1 is 0.365 bits per heavy atom. The van der Waals surface area contributed by atoms with Crippen molar-refractivity contribution in [3.8, 4) is 33.4 Å². The third-order valence-corrected chi connectivity index (χ3v) is 13.0. The smallest absolute Gasteiger partial charge is 0.137 e. The number of aromatic nitrogens is 1. The number of rotatable bonds is 6. The van der Waals surface area contributed by atoms with E-state index in [1.54, 1.807) is 0 Å². The first-order chi connectivity index (χ1) is 31.3. The Morgan fingerprint density at radius 2 is 0.984 bits per heavy atom. The number of benzene rings is 10. The fourth-order valence-electron chi connectivity index (χ4n) is 10.2. The van der Waals surface area contributed by atoms with Crippen molar-refractivity contribution in [2.75, 3.05) is 4.90 Å². The zero-order chi connectivity index (χ0) is 41.4. The molecule has 0 fully saturated rings. The highest BCUT2D eigenvalue weighted by molar-refractivity contribution is 6.30. The Balaban J connectivity index is 0.986. The molecule has 3 aromatic heterocycles. The van der Waals surface area contributed by atoms with Crippen molar-refractivity contribution in [1.29, 1.82) is 0 Å². The molecule has 0 amide bonds. The van der Waals surface area contributed by atoms with Crippen molar-refractivity contribution >= 4 is 87.7 Å². The van der Waals surface area contributed by atoms with E-state index in [2.05, 4.69) is 234 Å². The maximum absolute atomic E-state index is 6.43. The van der Waals surface area contributed by atoms with E-state index in [1.165, 1.54) is 76.6 Å². The summed E-state index contributed by atoms with van der Waals surface area (Å²) in [7, 11) is 0. The van der Waals surface area contributed by atoms with Gasteiger partial charge in [-0.05, 0) is 115 Å². The predicted molar refractivity (Wildman–Crippen MR) is 266 cm³/mol. The van der Waals surface area contributed by atoms with Crippen molar-refractivity contribution < 1.29 is 4.42 Å². The maximum atomic E-state index is 6.43. The molecule has 3 heteroatoms. The van der Waals surface area contributed by atoms with Gasteiger partial charge in [-0.2, -0.15) is 0 Å². The third kappa shape index (κ3) is 5.53. The molecule has 13 rings (SSSR count). The minimum absolute atomic E-state index is 0.867. The van der Waals surface area contributed by atoms with Crippen LogP contribution in [-0.4, -0.2) is 4.40 Å². The lowest BCUT2D eigenvalue weighted by Crippen LogP contribution is -2.10. The summed E-state index contributed by atoms with van der Waals surface area (Å²) in [5.41, 5.74) is 14.6.